The van der Waals surface area contributed by atoms with Crippen LogP contribution < -0.4 is 10.6 Å². The summed E-state index contributed by atoms with van der Waals surface area (Å²) in [6.07, 6.45) is 8.18. The Morgan fingerprint density at radius 1 is 1.23 bits per heavy atom. The van der Waals surface area contributed by atoms with Gasteiger partial charge in [-0.3, -0.25) is 19.5 Å². The van der Waals surface area contributed by atoms with Crippen molar-refractivity contribution in [3.63, 3.8) is 0 Å². The fourth-order valence-corrected chi connectivity index (χ4v) is 4.13. The second-order valence-corrected chi connectivity index (χ2v) is 8.18. The number of nitrogens with zero attached hydrogens (tertiary/aromatic N) is 6. The highest BCUT2D eigenvalue weighted by atomic mass is 35.5. The number of benzene rings is 1. The van der Waals surface area contributed by atoms with Crippen molar-refractivity contribution in [3.8, 4) is 10.6 Å². The van der Waals surface area contributed by atoms with Gasteiger partial charge in [0, 0.05) is 36.8 Å². The Morgan fingerprint density at radius 2 is 2.13 bits per heavy atom. The molecule has 0 radical (unpaired) electrons. The largest absolute Gasteiger partial charge is 0.329 e. The molecule has 1 aromatic carbocycles. The molecule has 3 aromatic heterocycles. The summed E-state index contributed by atoms with van der Waals surface area (Å²) in [5.41, 5.74) is 4.53. The molecular formula is C20H15ClN8OS. The van der Waals surface area contributed by atoms with E-state index in [1.54, 1.807) is 42.6 Å². The van der Waals surface area contributed by atoms with Gasteiger partial charge in [-0.25, -0.2) is 0 Å². The number of rotatable bonds is 5. The minimum absolute atomic E-state index is 0.263. The molecule has 0 unspecified atom stereocenters. The third kappa shape index (κ3) is 3.90. The van der Waals surface area contributed by atoms with Crippen molar-refractivity contribution in [2.45, 2.75) is 6.54 Å². The number of anilines is 3. The van der Waals surface area contributed by atoms with Crippen LogP contribution in [0.5, 0.6) is 0 Å². The summed E-state index contributed by atoms with van der Waals surface area (Å²) in [6, 6.07) is 5.70. The summed E-state index contributed by atoms with van der Waals surface area (Å²) in [5.74, 6) is -0.263. The molecule has 31 heavy (non-hydrogen) atoms. The predicted octanol–water partition coefficient (Wildman–Crippen LogP) is 3.92. The van der Waals surface area contributed by atoms with Crippen LogP contribution in [0.1, 0.15) is 21.5 Å². The summed E-state index contributed by atoms with van der Waals surface area (Å²) in [7, 11) is 1.75. The van der Waals surface area contributed by atoms with Gasteiger partial charge in [-0.05, 0) is 17.7 Å². The minimum atomic E-state index is -0.263. The van der Waals surface area contributed by atoms with Crippen molar-refractivity contribution in [1.82, 2.24) is 25.0 Å². The van der Waals surface area contributed by atoms with E-state index in [9.17, 15) is 4.79 Å². The number of aromatic nitrogens is 5. The van der Waals surface area contributed by atoms with Crippen LogP contribution in [-0.4, -0.2) is 37.1 Å². The third-order valence-corrected chi connectivity index (χ3v) is 5.92. The van der Waals surface area contributed by atoms with Gasteiger partial charge in [0.25, 0.3) is 5.91 Å². The number of halogens is 1. The van der Waals surface area contributed by atoms with Gasteiger partial charge in [0.2, 0.25) is 5.13 Å². The Labute approximate surface area is 185 Å². The van der Waals surface area contributed by atoms with Crippen LogP contribution in [-0.2, 0) is 13.6 Å². The van der Waals surface area contributed by atoms with Crippen LogP contribution in [0, 0.1) is 0 Å². The fourth-order valence-electron chi connectivity index (χ4n) is 3.11. The molecule has 0 spiro atoms. The summed E-state index contributed by atoms with van der Waals surface area (Å²) >= 11 is 7.85. The second kappa shape index (κ2) is 7.89. The van der Waals surface area contributed by atoms with E-state index in [0.717, 1.165) is 22.4 Å². The summed E-state index contributed by atoms with van der Waals surface area (Å²) < 4.78 is 1.57. The van der Waals surface area contributed by atoms with E-state index in [2.05, 4.69) is 35.9 Å². The molecule has 0 fully saturated rings. The van der Waals surface area contributed by atoms with Crippen LogP contribution in [0.2, 0.25) is 5.02 Å². The molecule has 9 nitrogen and oxygen atoms in total. The zero-order valence-electron chi connectivity index (χ0n) is 16.2. The normalized spacial score (nSPS) is 12.1. The Morgan fingerprint density at radius 3 is 2.97 bits per heavy atom. The molecule has 0 saturated heterocycles. The Balaban J connectivity index is 1.34. The van der Waals surface area contributed by atoms with E-state index in [-0.39, 0.29) is 5.91 Å². The van der Waals surface area contributed by atoms with Crippen molar-refractivity contribution in [3.05, 3.63) is 64.7 Å². The van der Waals surface area contributed by atoms with Gasteiger partial charge in [0.15, 0.2) is 5.01 Å². The second-order valence-electron chi connectivity index (χ2n) is 6.83. The maximum absolute atomic E-state index is 12.3. The van der Waals surface area contributed by atoms with Gasteiger partial charge < -0.3 is 10.6 Å². The number of carbonyl (C=O) groups excluding carboxylic acids is 1. The quantitative estimate of drug-likeness (QED) is 0.477. The molecule has 0 aliphatic carbocycles. The van der Waals surface area contributed by atoms with Gasteiger partial charge in [0.1, 0.15) is 0 Å². The monoisotopic (exact) mass is 450 g/mol. The number of pyridine rings is 1. The molecule has 0 atom stereocenters. The van der Waals surface area contributed by atoms with E-state index < -0.39 is 0 Å². The van der Waals surface area contributed by atoms with Crippen molar-refractivity contribution >= 4 is 51.6 Å². The van der Waals surface area contributed by atoms with Crippen LogP contribution in [0.4, 0.5) is 16.5 Å². The van der Waals surface area contributed by atoms with Gasteiger partial charge in [-0.1, -0.05) is 29.0 Å². The Bertz CT molecular complexity index is 1330. The van der Waals surface area contributed by atoms with Crippen LogP contribution in [0.25, 0.3) is 10.6 Å². The lowest BCUT2D eigenvalue weighted by atomic mass is 10.1. The Hall–Kier alpha value is -3.63. The lowest BCUT2D eigenvalue weighted by Gasteiger charge is -2.08. The van der Waals surface area contributed by atoms with Gasteiger partial charge in [0.05, 0.1) is 40.9 Å². The average molecular weight is 451 g/mol. The molecule has 0 saturated carbocycles. The van der Waals surface area contributed by atoms with Crippen molar-refractivity contribution in [2.75, 3.05) is 10.6 Å². The average Bonchev–Trinajstić information content (AvgIpc) is 3.51. The first kappa shape index (κ1) is 19.3. The number of aryl methyl sites for hydroxylation is 1. The van der Waals surface area contributed by atoms with Crippen molar-refractivity contribution in [1.29, 1.82) is 0 Å². The van der Waals surface area contributed by atoms with Gasteiger partial charge in [-0.2, -0.15) is 5.10 Å². The lowest BCUT2D eigenvalue weighted by molar-refractivity contribution is 0.102. The van der Waals surface area contributed by atoms with Gasteiger partial charge in [-0.15, -0.1) is 10.2 Å². The lowest BCUT2D eigenvalue weighted by Crippen LogP contribution is -2.11. The zero-order chi connectivity index (χ0) is 21.4. The number of hydrogen-bond acceptors (Lipinski definition) is 8. The number of aliphatic imine (C=N–C) groups is 1. The topological polar surface area (TPSA) is 110 Å². The maximum atomic E-state index is 12.3. The first-order chi connectivity index (χ1) is 15.1. The highest BCUT2D eigenvalue weighted by molar-refractivity contribution is 7.18. The molecule has 2 N–H and O–H groups in total. The molecule has 154 valence electrons. The summed E-state index contributed by atoms with van der Waals surface area (Å²) in [6.45, 7) is 0.652. The summed E-state index contributed by atoms with van der Waals surface area (Å²) in [5, 5.41) is 20.3. The van der Waals surface area contributed by atoms with Crippen LogP contribution in [0.3, 0.4) is 0 Å². The van der Waals surface area contributed by atoms with Crippen LogP contribution >= 0.6 is 22.9 Å². The molecule has 5 rings (SSSR count). The first-order valence-electron chi connectivity index (χ1n) is 9.24. The highest BCUT2D eigenvalue weighted by Crippen LogP contribution is 2.35. The predicted molar refractivity (Wildman–Crippen MR) is 120 cm³/mol. The fraction of sp³-hybridized carbons (Fsp3) is 0.100. The van der Waals surface area contributed by atoms with E-state index in [1.165, 1.54) is 17.5 Å². The summed E-state index contributed by atoms with van der Waals surface area (Å²) in [4.78, 5) is 20.8. The molecule has 4 heterocycles. The first-order valence-corrected chi connectivity index (χ1v) is 10.4. The van der Waals surface area contributed by atoms with Crippen LogP contribution in [0.15, 0.2) is 48.0 Å². The van der Waals surface area contributed by atoms with E-state index in [0.29, 0.717) is 33.0 Å². The standard InChI is InChI=1S/C20H15ClN8OS/c1-29-10-13(7-24-29)18(30)25-14-4-12(6-22-8-14)19-27-28-20(31-19)26-16-3-2-11-5-23-9-15(11)17(16)21/h2-4,6-10H,5H2,1H3,(H,25,30)(H,26,28). The molecule has 0 bridgehead atoms. The number of amides is 1. The van der Waals surface area contributed by atoms with E-state index in [1.807, 2.05) is 12.1 Å². The minimum Gasteiger partial charge on any atom is -0.329 e. The van der Waals surface area contributed by atoms with Crippen molar-refractivity contribution in [2.24, 2.45) is 12.0 Å². The van der Waals surface area contributed by atoms with Crippen molar-refractivity contribution < 1.29 is 4.79 Å². The third-order valence-electron chi connectivity index (χ3n) is 4.63. The van der Waals surface area contributed by atoms with E-state index in [4.69, 9.17) is 11.6 Å². The number of nitrogens with one attached hydrogen (secondary N) is 2. The van der Waals surface area contributed by atoms with E-state index >= 15 is 0 Å². The molecule has 1 amide bonds. The molecule has 1 aliphatic rings. The highest BCUT2D eigenvalue weighted by Gasteiger charge is 2.16. The zero-order valence-corrected chi connectivity index (χ0v) is 17.8. The molecule has 11 heteroatoms. The molecule has 4 aromatic rings. The maximum Gasteiger partial charge on any atom is 0.258 e. The SMILES string of the molecule is Cn1cc(C(=O)Nc2cncc(-c3nnc(Nc4ccc5c(c4Cl)C=NC5)s3)c2)cn1. The molecular weight excluding hydrogens is 436 g/mol. The number of hydrogen-bond donors (Lipinski definition) is 2. The number of fused-ring (bicyclic) bond motifs is 1. The number of carbonyl (C=O) groups is 1. The Kier molecular flexibility index (Phi) is 4.92. The smallest absolute Gasteiger partial charge is 0.258 e. The van der Waals surface area contributed by atoms with Gasteiger partial charge >= 0.3 is 0 Å². The molecule has 1 aliphatic heterocycles.